The third kappa shape index (κ3) is 2.11. The van der Waals surface area contributed by atoms with E-state index < -0.39 is 0 Å². The van der Waals surface area contributed by atoms with Crippen molar-refractivity contribution in [3.05, 3.63) is 35.9 Å². The van der Waals surface area contributed by atoms with Gasteiger partial charge in [0.25, 0.3) is 0 Å². The first-order chi connectivity index (χ1) is 7.84. The molecule has 1 aliphatic rings. The van der Waals surface area contributed by atoms with Crippen LogP contribution in [0.5, 0.6) is 0 Å². The van der Waals surface area contributed by atoms with E-state index in [0.717, 1.165) is 12.2 Å². The summed E-state index contributed by atoms with van der Waals surface area (Å²) in [6, 6.07) is 2.11. The van der Waals surface area contributed by atoms with Gasteiger partial charge in [-0.15, -0.1) is 12.4 Å². The third-order valence-corrected chi connectivity index (χ3v) is 2.71. The van der Waals surface area contributed by atoms with E-state index >= 15 is 0 Å². The fourth-order valence-electron chi connectivity index (χ4n) is 1.81. The smallest absolute Gasteiger partial charge is 0.197 e. The molecule has 2 aromatic rings. The van der Waals surface area contributed by atoms with Crippen LogP contribution in [-0.4, -0.2) is 19.9 Å². The van der Waals surface area contributed by atoms with Crippen LogP contribution in [0.25, 0.3) is 11.6 Å². The van der Waals surface area contributed by atoms with Crippen LogP contribution in [0.3, 0.4) is 0 Å². The fourth-order valence-corrected chi connectivity index (χ4v) is 1.81. The minimum Gasteiger partial charge on any atom is -0.304 e. The van der Waals surface area contributed by atoms with Crippen molar-refractivity contribution in [1.82, 2.24) is 25.3 Å². The molecule has 1 N–H and O–H groups in total. The maximum atomic E-state index is 4.48. The Kier molecular flexibility index (Phi) is 3.31. The van der Waals surface area contributed by atoms with Gasteiger partial charge in [0.15, 0.2) is 11.6 Å². The normalized spacial score (nSPS) is 17.4. The molecule has 6 heteroatoms. The number of rotatable bonds is 1. The van der Waals surface area contributed by atoms with Crippen molar-refractivity contribution in [2.45, 2.75) is 19.5 Å². The Labute approximate surface area is 105 Å². The van der Waals surface area contributed by atoms with Gasteiger partial charge in [-0.3, -0.25) is 0 Å². The summed E-state index contributed by atoms with van der Waals surface area (Å²) in [4.78, 5) is 17.0. The summed E-state index contributed by atoms with van der Waals surface area (Å²) in [5, 5.41) is 3.32. The second-order valence-corrected chi connectivity index (χ2v) is 3.77. The number of halogens is 1. The Morgan fingerprint density at radius 3 is 2.71 bits per heavy atom. The highest BCUT2D eigenvalue weighted by atomic mass is 35.5. The first-order valence-electron chi connectivity index (χ1n) is 5.21. The lowest BCUT2D eigenvalue weighted by atomic mass is 10.2. The summed E-state index contributed by atoms with van der Waals surface area (Å²) in [5.41, 5.74) is 2.21. The van der Waals surface area contributed by atoms with Gasteiger partial charge in [0, 0.05) is 36.7 Å². The van der Waals surface area contributed by atoms with E-state index in [0.29, 0.717) is 17.7 Å². The van der Waals surface area contributed by atoms with Gasteiger partial charge in [-0.05, 0) is 13.0 Å². The topological polar surface area (TPSA) is 63.6 Å². The molecule has 0 saturated carbocycles. The van der Waals surface area contributed by atoms with Crippen molar-refractivity contribution in [1.29, 1.82) is 0 Å². The van der Waals surface area contributed by atoms with Crippen molar-refractivity contribution in [2.75, 3.05) is 0 Å². The molecule has 1 unspecified atom stereocenters. The molecule has 2 aromatic heterocycles. The van der Waals surface area contributed by atoms with E-state index in [-0.39, 0.29) is 12.4 Å². The van der Waals surface area contributed by atoms with Crippen LogP contribution in [0, 0.1) is 0 Å². The molecule has 0 amide bonds. The van der Waals surface area contributed by atoms with Crippen molar-refractivity contribution >= 4 is 12.4 Å². The highest BCUT2D eigenvalue weighted by Crippen LogP contribution is 2.23. The molecular formula is C11H12ClN5. The van der Waals surface area contributed by atoms with Gasteiger partial charge in [0.05, 0.1) is 5.69 Å². The predicted molar refractivity (Wildman–Crippen MR) is 65.6 cm³/mol. The largest absolute Gasteiger partial charge is 0.304 e. The lowest BCUT2D eigenvalue weighted by Crippen LogP contribution is -2.07. The van der Waals surface area contributed by atoms with Crippen LogP contribution in [0.15, 0.2) is 24.7 Å². The van der Waals surface area contributed by atoms with Gasteiger partial charge in [-0.2, -0.15) is 0 Å². The summed E-state index contributed by atoms with van der Waals surface area (Å²) in [6.45, 7) is 2.90. The van der Waals surface area contributed by atoms with Gasteiger partial charge in [-0.25, -0.2) is 19.9 Å². The molecule has 3 rings (SSSR count). The zero-order valence-corrected chi connectivity index (χ0v) is 10.1. The van der Waals surface area contributed by atoms with Gasteiger partial charge >= 0.3 is 0 Å². The summed E-state index contributed by atoms with van der Waals surface area (Å²) in [7, 11) is 0. The molecule has 0 spiro atoms. The number of fused-ring (bicyclic) bond motifs is 1. The summed E-state index contributed by atoms with van der Waals surface area (Å²) in [5.74, 6) is 1.17. The van der Waals surface area contributed by atoms with Crippen LogP contribution < -0.4 is 5.32 Å². The average Bonchev–Trinajstić information content (AvgIpc) is 2.72. The Balaban J connectivity index is 0.00000108. The minimum absolute atomic E-state index is 0. The molecule has 0 fully saturated rings. The van der Waals surface area contributed by atoms with Gasteiger partial charge in [0.2, 0.25) is 0 Å². The van der Waals surface area contributed by atoms with Gasteiger partial charge in [0.1, 0.15) is 0 Å². The number of hydrogen-bond acceptors (Lipinski definition) is 5. The highest BCUT2D eigenvalue weighted by molar-refractivity contribution is 5.85. The van der Waals surface area contributed by atoms with E-state index in [1.807, 2.05) is 6.20 Å². The van der Waals surface area contributed by atoms with E-state index in [9.17, 15) is 0 Å². The highest BCUT2D eigenvalue weighted by Gasteiger charge is 2.20. The Hall–Kier alpha value is -1.59. The Morgan fingerprint density at radius 1 is 1.18 bits per heavy atom. The third-order valence-electron chi connectivity index (χ3n) is 2.71. The summed E-state index contributed by atoms with van der Waals surface area (Å²) in [6.07, 6.45) is 5.25. The molecule has 1 aliphatic heterocycles. The number of aromatic nitrogens is 4. The molecule has 1 atom stereocenters. The van der Waals surface area contributed by atoms with Crippen LogP contribution in [0.2, 0.25) is 0 Å². The Bertz CT molecular complexity index is 517. The quantitative estimate of drug-likeness (QED) is 0.830. The predicted octanol–water partition coefficient (Wildman–Crippen LogP) is 1.52. The minimum atomic E-state index is 0. The second kappa shape index (κ2) is 4.73. The van der Waals surface area contributed by atoms with E-state index in [2.05, 4.69) is 32.2 Å². The molecule has 5 nitrogen and oxygen atoms in total. The summed E-state index contributed by atoms with van der Waals surface area (Å²) < 4.78 is 0. The molecule has 0 saturated heterocycles. The maximum Gasteiger partial charge on any atom is 0.197 e. The molecule has 0 bridgehead atoms. The zero-order chi connectivity index (χ0) is 11.0. The zero-order valence-electron chi connectivity index (χ0n) is 9.29. The van der Waals surface area contributed by atoms with Crippen LogP contribution in [0.1, 0.15) is 24.2 Å². The molecule has 17 heavy (non-hydrogen) atoms. The van der Waals surface area contributed by atoms with E-state index in [4.69, 9.17) is 0 Å². The lowest BCUT2D eigenvalue weighted by Gasteiger charge is -2.03. The fraction of sp³-hybridized carbons (Fsp3) is 0.273. The lowest BCUT2D eigenvalue weighted by molar-refractivity contribution is 0.631. The van der Waals surface area contributed by atoms with Crippen molar-refractivity contribution in [3.8, 4) is 11.6 Å². The monoisotopic (exact) mass is 249 g/mol. The molecule has 0 aliphatic carbocycles. The molecular weight excluding hydrogens is 238 g/mol. The molecule has 0 radical (unpaired) electrons. The number of nitrogens with zero attached hydrogens (tertiary/aromatic N) is 4. The number of hydrogen-bond donors (Lipinski definition) is 1. The first-order valence-corrected chi connectivity index (χ1v) is 5.21. The van der Waals surface area contributed by atoms with Crippen LogP contribution >= 0.6 is 12.4 Å². The molecule has 0 aromatic carbocycles. The molecule has 3 heterocycles. The Morgan fingerprint density at radius 2 is 1.94 bits per heavy atom. The SMILES string of the molecule is CC1NCc2nc(-c3ncccn3)ncc21.Cl. The molecule has 88 valence electrons. The second-order valence-electron chi connectivity index (χ2n) is 3.77. The standard InChI is InChI=1S/C11H11N5.ClH/c1-7-8-5-15-11(16-9(8)6-14-7)10-12-3-2-4-13-10;/h2-5,7,14H,6H2,1H3;1H. The van der Waals surface area contributed by atoms with Crippen LogP contribution in [0.4, 0.5) is 0 Å². The van der Waals surface area contributed by atoms with Crippen molar-refractivity contribution in [2.24, 2.45) is 0 Å². The van der Waals surface area contributed by atoms with Crippen molar-refractivity contribution in [3.63, 3.8) is 0 Å². The van der Waals surface area contributed by atoms with Crippen LogP contribution in [-0.2, 0) is 6.54 Å². The summed E-state index contributed by atoms with van der Waals surface area (Å²) >= 11 is 0. The van der Waals surface area contributed by atoms with Crippen molar-refractivity contribution < 1.29 is 0 Å². The van der Waals surface area contributed by atoms with Gasteiger partial charge in [-0.1, -0.05) is 0 Å². The maximum absolute atomic E-state index is 4.48. The number of nitrogens with one attached hydrogen (secondary N) is 1. The van der Waals surface area contributed by atoms with E-state index in [1.54, 1.807) is 18.5 Å². The van der Waals surface area contributed by atoms with E-state index in [1.165, 1.54) is 5.56 Å². The van der Waals surface area contributed by atoms with Gasteiger partial charge < -0.3 is 5.32 Å². The first kappa shape index (κ1) is 11.9. The average molecular weight is 250 g/mol.